The van der Waals surface area contributed by atoms with Gasteiger partial charge in [0.05, 0.1) is 6.54 Å². The molecule has 0 aliphatic heterocycles. The zero-order valence-corrected chi connectivity index (χ0v) is 12.7. The maximum absolute atomic E-state index is 11.8. The van der Waals surface area contributed by atoms with Crippen LogP contribution >= 0.6 is 0 Å². The first-order chi connectivity index (χ1) is 11.0. The first-order valence-corrected chi connectivity index (χ1v) is 7.03. The quantitative estimate of drug-likeness (QED) is 0.718. The molecule has 0 saturated carbocycles. The van der Waals surface area contributed by atoms with Crippen LogP contribution in [0.25, 0.3) is 11.0 Å². The van der Waals surface area contributed by atoms with E-state index >= 15 is 0 Å². The fourth-order valence-electron chi connectivity index (χ4n) is 2.23. The summed E-state index contributed by atoms with van der Waals surface area (Å²) in [4.78, 5) is 23.3. The van der Waals surface area contributed by atoms with Gasteiger partial charge in [0.15, 0.2) is 5.82 Å². The van der Waals surface area contributed by atoms with Gasteiger partial charge in [0.2, 0.25) is 5.91 Å². The molecule has 0 atom stereocenters. The van der Waals surface area contributed by atoms with Gasteiger partial charge in [-0.1, -0.05) is 5.16 Å². The highest BCUT2D eigenvalue weighted by molar-refractivity contribution is 5.93. The Bertz CT molecular complexity index is 926. The van der Waals surface area contributed by atoms with Gasteiger partial charge in [-0.25, -0.2) is 4.79 Å². The summed E-state index contributed by atoms with van der Waals surface area (Å²) in [6.45, 7) is 3.64. The fourth-order valence-corrected chi connectivity index (χ4v) is 2.23. The van der Waals surface area contributed by atoms with E-state index in [-0.39, 0.29) is 12.5 Å². The molecule has 0 radical (unpaired) electrons. The van der Waals surface area contributed by atoms with Gasteiger partial charge in [-0.3, -0.25) is 4.79 Å². The number of rotatable bonds is 4. The lowest BCUT2D eigenvalue weighted by molar-refractivity contribution is -0.114. The number of nitrogens with one attached hydrogen (secondary N) is 2. The molecule has 23 heavy (non-hydrogen) atoms. The molecule has 7 nitrogen and oxygen atoms in total. The lowest BCUT2D eigenvalue weighted by Gasteiger charge is -2.07. The van der Waals surface area contributed by atoms with Crippen molar-refractivity contribution in [2.45, 2.75) is 13.8 Å². The Labute approximate surface area is 131 Å². The van der Waals surface area contributed by atoms with Crippen molar-refractivity contribution in [3.05, 3.63) is 52.1 Å². The van der Waals surface area contributed by atoms with Crippen molar-refractivity contribution in [2.24, 2.45) is 0 Å². The SMILES string of the molecule is Cc1cc(NC(=O)CNc2ccc3c(C)cc(=O)oc3c2)no1. The molecule has 1 amide bonds. The monoisotopic (exact) mass is 313 g/mol. The molecule has 0 aliphatic rings. The third-order valence-electron chi connectivity index (χ3n) is 3.30. The lowest BCUT2D eigenvalue weighted by atomic mass is 10.1. The van der Waals surface area contributed by atoms with Crippen LogP contribution in [0.4, 0.5) is 11.5 Å². The van der Waals surface area contributed by atoms with E-state index in [1.165, 1.54) is 6.07 Å². The lowest BCUT2D eigenvalue weighted by Crippen LogP contribution is -2.21. The Balaban J connectivity index is 1.69. The normalized spacial score (nSPS) is 10.7. The largest absolute Gasteiger partial charge is 0.423 e. The highest BCUT2D eigenvalue weighted by atomic mass is 16.5. The summed E-state index contributed by atoms with van der Waals surface area (Å²) in [7, 11) is 0. The van der Waals surface area contributed by atoms with Crippen molar-refractivity contribution < 1.29 is 13.7 Å². The molecule has 1 aromatic carbocycles. The number of nitrogens with zero attached hydrogens (tertiary/aromatic N) is 1. The van der Waals surface area contributed by atoms with Gasteiger partial charge in [-0.15, -0.1) is 0 Å². The van der Waals surface area contributed by atoms with Gasteiger partial charge >= 0.3 is 5.63 Å². The number of carbonyl (C=O) groups excluding carboxylic acids is 1. The van der Waals surface area contributed by atoms with Crippen LogP contribution in [-0.2, 0) is 4.79 Å². The van der Waals surface area contributed by atoms with Gasteiger partial charge in [0, 0.05) is 29.3 Å². The molecule has 118 valence electrons. The molecule has 2 N–H and O–H groups in total. The molecule has 0 spiro atoms. The van der Waals surface area contributed by atoms with Crippen molar-refractivity contribution in [3.63, 3.8) is 0 Å². The molecule has 0 unspecified atom stereocenters. The second kappa shape index (κ2) is 5.96. The molecule has 0 saturated heterocycles. The van der Waals surface area contributed by atoms with E-state index in [2.05, 4.69) is 15.8 Å². The predicted octanol–water partition coefficient (Wildman–Crippen LogP) is 2.45. The summed E-state index contributed by atoms with van der Waals surface area (Å²) in [6.07, 6.45) is 0. The number of benzene rings is 1. The number of anilines is 2. The number of hydrogen-bond donors (Lipinski definition) is 2. The van der Waals surface area contributed by atoms with E-state index in [1.807, 2.05) is 19.1 Å². The van der Waals surface area contributed by atoms with E-state index in [9.17, 15) is 9.59 Å². The maximum Gasteiger partial charge on any atom is 0.336 e. The van der Waals surface area contributed by atoms with Crippen LogP contribution in [-0.4, -0.2) is 17.6 Å². The van der Waals surface area contributed by atoms with Gasteiger partial charge in [-0.2, -0.15) is 0 Å². The summed E-state index contributed by atoms with van der Waals surface area (Å²) >= 11 is 0. The van der Waals surface area contributed by atoms with Crippen LogP contribution in [0, 0.1) is 13.8 Å². The highest BCUT2D eigenvalue weighted by Gasteiger charge is 2.07. The molecule has 0 fully saturated rings. The molecule has 2 heterocycles. The average molecular weight is 313 g/mol. The van der Waals surface area contributed by atoms with Crippen LogP contribution in [0.5, 0.6) is 0 Å². The number of aromatic nitrogens is 1. The van der Waals surface area contributed by atoms with Gasteiger partial charge < -0.3 is 19.6 Å². The second-order valence-electron chi connectivity index (χ2n) is 5.18. The standard InChI is InChI=1S/C16H15N3O4/c1-9-5-16(21)22-13-7-11(3-4-12(9)13)17-8-15(20)18-14-6-10(2)23-19-14/h3-7,17H,8H2,1-2H3,(H,18,19,20). The van der Waals surface area contributed by atoms with Crippen molar-refractivity contribution in [3.8, 4) is 0 Å². The molecule has 3 aromatic rings. The van der Waals surface area contributed by atoms with E-state index in [0.29, 0.717) is 22.8 Å². The summed E-state index contributed by atoms with van der Waals surface area (Å²) in [6, 6.07) is 8.43. The summed E-state index contributed by atoms with van der Waals surface area (Å²) < 4.78 is 10.0. The molecular formula is C16H15N3O4. The Kier molecular flexibility index (Phi) is 3.84. The number of carbonyl (C=O) groups is 1. The van der Waals surface area contributed by atoms with E-state index in [4.69, 9.17) is 8.94 Å². The second-order valence-corrected chi connectivity index (χ2v) is 5.18. The number of hydrogen-bond acceptors (Lipinski definition) is 6. The van der Waals surface area contributed by atoms with Crippen LogP contribution in [0.2, 0.25) is 0 Å². The van der Waals surface area contributed by atoms with E-state index < -0.39 is 5.63 Å². The summed E-state index contributed by atoms with van der Waals surface area (Å²) in [5.74, 6) is 0.728. The smallest absolute Gasteiger partial charge is 0.336 e. The van der Waals surface area contributed by atoms with Crippen LogP contribution in [0.1, 0.15) is 11.3 Å². The number of aryl methyl sites for hydroxylation is 2. The van der Waals surface area contributed by atoms with E-state index in [1.54, 1.807) is 19.1 Å². The topological polar surface area (TPSA) is 97.4 Å². The minimum atomic E-state index is -0.397. The Morgan fingerprint density at radius 3 is 2.78 bits per heavy atom. The molecule has 2 aromatic heterocycles. The third kappa shape index (κ3) is 3.39. The van der Waals surface area contributed by atoms with Crippen molar-refractivity contribution >= 4 is 28.4 Å². The minimum absolute atomic E-state index is 0.0491. The number of fused-ring (bicyclic) bond motifs is 1. The Morgan fingerprint density at radius 1 is 1.22 bits per heavy atom. The Morgan fingerprint density at radius 2 is 2.04 bits per heavy atom. The zero-order valence-electron chi connectivity index (χ0n) is 12.7. The maximum atomic E-state index is 11.8. The number of amides is 1. The molecule has 7 heteroatoms. The van der Waals surface area contributed by atoms with Crippen molar-refractivity contribution in [2.75, 3.05) is 17.2 Å². The Hall–Kier alpha value is -3.09. The van der Waals surface area contributed by atoms with Crippen LogP contribution in [0.3, 0.4) is 0 Å². The first kappa shape index (κ1) is 14.8. The van der Waals surface area contributed by atoms with Gasteiger partial charge in [-0.05, 0) is 31.5 Å². The fraction of sp³-hybridized carbons (Fsp3) is 0.188. The molecular weight excluding hydrogens is 298 g/mol. The van der Waals surface area contributed by atoms with Gasteiger partial charge in [0.1, 0.15) is 11.3 Å². The average Bonchev–Trinajstić information content (AvgIpc) is 2.89. The summed E-state index contributed by atoms with van der Waals surface area (Å²) in [5.41, 5.74) is 1.61. The van der Waals surface area contributed by atoms with E-state index in [0.717, 1.165) is 10.9 Å². The van der Waals surface area contributed by atoms with Crippen molar-refractivity contribution in [1.29, 1.82) is 0 Å². The zero-order chi connectivity index (χ0) is 16.4. The molecule has 3 rings (SSSR count). The third-order valence-corrected chi connectivity index (χ3v) is 3.30. The highest BCUT2D eigenvalue weighted by Crippen LogP contribution is 2.20. The van der Waals surface area contributed by atoms with Crippen molar-refractivity contribution in [1.82, 2.24) is 5.16 Å². The minimum Gasteiger partial charge on any atom is -0.423 e. The van der Waals surface area contributed by atoms with Crippen LogP contribution < -0.4 is 16.3 Å². The predicted molar refractivity (Wildman–Crippen MR) is 85.6 cm³/mol. The summed E-state index contributed by atoms with van der Waals surface area (Å²) in [5, 5.41) is 10.1. The first-order valence-electron chi connectivity index (χ1n) is 7.03. The van der Waals surface area contributed by atoms with Crippen LogP contribution in [0.15, 0.2) is 44.1 Å². The molecule has 0 aliphatic carbocycles. The molecule has 0 bridgehead atoms. The van der Waals surface area contributed by atoms with Gasteiger partial charge in [0.25, 0.3) is 0 Å².